The minimum Gasteiger partial charge on any atom is -0.468 e. The number of halogens is 1. The number of aromatic nitrogens is 1. The van der Waals surface area contributed by atoms with Gasteiger partial charge in [0.15, 0.2) is 4.80 Å². The number of sulfonamides is 1. The van der Waals surface area contributed by atoms with Crippen molar-refractivity contribution >= 4 is 43.5 Å². The van der Waals surface area contributed by atoms with E-state index in [2.05, 4.69) is 4.99 Å². The molecule has 1 fully saturated rings. The Bertz CT molecular complexity index is 1410. The van der Waals surface area contributed by atoms with E-state index in [-0.39, 0.29) is 18.0 Å². The van der Waals surface area contributed by atoms with Gasteiger partial charge in [-0.05, 0) is 61.2 Å². The first-order valence-electron chi connectivity index (χ1n) is 10.8. The summed E-state index contributed by atoms with van der Waals surface area (Å²) in [6, 6.07) is 9.34. The van der Waals surface area contributed by atoms with Gasteiger partial charge in [0.25, 0.3) is 5.91 Å². The maximum atomic E-state index is 13.3. The molecule has 4 rings (SSSR count). The number of rotatable bonds is 6. The number of methoxy groups -OCH3 is 1. The summed E-state index contributed by atoms with van der Waals surface area (Å²) in [6.07, 6.45) is 1.65. The van der Waals surface area contributed by atoms with E-state index in [1.807, 2.05) is 25.1 Å². The number of thiazole rings is 1. The fraction of sp³-hybridized carbons (Fsp3) is 0.348. The average Bonchev–Trinajstić information content (AvgIpc) is 3.45. The quantitative estimate of drug-likeness (QED) is 0.480. The second-order valence-corrected chi connectivity index (χ2v) is 10.8. The van der Waals surface area contributed by atoms with E-state index in [1.54, 1.807) is 4.57 Å². The van der Waals surface area contributed by atoms with E-state index < -0.39 is 33.8 Å². The number of amides is 1. The van der Waals surface area contributed by atoms with Crippen molar-refractivity contribution in [3.05, 3.63) is 58.6 Å². The Morgan fingerprint density at radius 3 is 2.62 bits per heavy atom. The molecule has 1 unspecified atom stereocenters. The molecule has 11 heteroatoms. The van der Waals surface area contributed by atoms with Gasteiger partial charge in [-0.1, -0.05) is 24.3 Å². The second-order valence-electron chi connectivity index (χ2n) is 7.88. The van der Waals surface area contributed by atoms with Crippen LogP contribution in [0.4, 0.5) is 4.39 Å². The minimum atomic E-state index is -4.00. The summed E-state index contributed by atoms with van der Waals surface area (Å²) in [5, 5.41) is 0. The van der Waals surface area contributed by atoms with Crippen molar-refractivity contribution in [2.75, 3.05) is 13.7 Å². The van der Waals surface area contributed by atoms with Crippen molar-refractivity contribution in [2.45, 2.75) is 43.7 Å². The lowest BCUT2D eigenvalue weighted by atomic mass is 10.2. The second kappa shape index (κ2) is 9.77. The van der Waals surface area contributed by atoms with Crippen LogP contribution < -0.4 is 4.80 Å². The highest BCUT2D eigenvalue weighted by Crippen LogP contribution is 2.27. The summed E-state index contributed by atoms with van der Waals surface area (Å²) in [5.74, 6) is -1.65. The number of hydrogen-bond donors (Lipinski definition) is 0. The third-order valence-corrected chi connectivity index (χ3v) is 8.75. The molecule has 1 amide bonds. The van der Waals surface area contributed by atoms with Gasteiger partial charge < -0.3 is 9.30 Å². The summed E-state index contributed by atoms with van der Waals surface area (Å²) in [5.41, 5.74) is 1.84. The largest absolute Gasteiger partial charge is 0.468 e. The summed E-state index contributed by atoms with van der Waals surface area (Å²) in [6.45, 7) is 2.07. The normalized spacial score (nSPS) is 17.4. The molecule has 2 heterocycles. The van der Waals surface area contributed by atoms with Crippen molar-refractivity contribution in [1.82, 2.24) is 8.87 Å². The van der Waals surface area contributed by atoms with E-state index in [1.165, 1.54) is 30.6 Å². The van der Waals surface area contributed by atoms with Crippen molar-refractivity contribution in [1.29, 1.82) is 0 Å². The Labute approximate surface area is 200 Å². The highest BCUT2D eigenvalue weighted by Gasteiger charge is 2.39. The van der Waals surface area contributed by atoms with Crippen LogP contribution in [0.3, 0.4) is 0 Å². The maximum Gasteiger partial charge on any atom is 0.325 e. The van der Waals surface area contributed by atoms with Crippen LogP contribution >= 0.6 is 11.3 Å². The zero-order valence-corrected chi connectivity index (χ0v) is 20.4. The predicted molar refractivity (Wildman–Crippen MR) is 125 cm³/mol. The highest BCUT2D eigenvalue weighted by atomic mass is 32.2. The molecule has 1 aliphatic heterocycles. The predicted octanol–water partition coefficient (Wildman–Crippen LogP) is 2.86. The van der Waals surface area contributed by atoms with Crippen LogP contribution in [0.25, 0.3) is 10.2 Å². The number of carbonyl (C=O) groups excluding carboxylic acids is 2. The number of benzene rings is 2. The Kier molecular flexibility index (Phi) is 6.96. The topological polar surface area (TPSA) is 98.0 Å². The smallest absolute Gasteiger partial charge is 0.325 e. The van der Waals surface area contributed by atoms with E-state index in [4.69, 9.17) is 4.74 Å². The van der Waals surface area contributed by atoms with Crippen LogP contribution in [0, 0.1) is 5.82 Å². The molecule has 8 nitrogen and oxygen atoms in total. The molecule has 3 aromatic rings. The molecule has 180 valence electrons. The molecule has 1 atom stereocenters. The highest BCUT2D eigenvalue weighted by molar-refractivity contribution is 7.89. The molecular formula is C23H24FN3O5S2. The number of esters is 1. The summed E-state index contributed by atoms with van der Waals surface area (Å²) < 4.78 is 47.9. The third kappa shape index (κ3) is 4.68. The molecule has 0 saturated carbocycles. The van der Waals surface area contributed by atoms with Crippen LogP contribution in [0.15, 0.2) is 52.4 Å². The van der Waals surface area contributed by atoms with Gasteiger partial charge >= 0.3 is 5.97 Å². The number of nitrogens with zero attached hydrogens (tertiary/aromatic N) is 3. The monoisotopic (exact) mass is 505 g/mol. The fourth-order valence-electron chi connectivity index (χ4n) is 3.95. The van der Waals surface area contributed by atoms with Gasteiger partial charge in [-0.3, -0.25) is 9.59 Å². The van der Waals surface area contributed by atoms with E-state index in [9.17, 15) is 22.4 Å². The lowest BCUT2D eigenvalue weighted by Crippen LogP contribution is -2.40. The molecule has 2 aromatic carbocycles. The summed E-state index contributed by atoms with van der Waals surface area (Å²) >= 11 is 1.26. The van der Waals surface area contributed by atoms with Crippen LogP contribution in [0.2, 0.25) is 0 Å². The average molecular weight is 506 g/mol. The number of fused-ring (bicyclic) bond motifs is 1. The lowest BCUT2D eigenvalue weighted by molar-refractivity contribution is -0.141. The maximum absolute atomic E-state index is 13.3. The van der Waals surface area contributed by atoms with Gasteiger partial charge in [-0.15, -0.1) is 0 Å². The van der Waals surface area contributed by atoms with Crippen LogP contribution in [-0.4, -0.2) is 48.9 Å². The van der Waals surface area contributed by atoms with Gasteiger partial charge in [-0.2, -0.15) is 9.30 Å². The molecule has 1 aromatic heterocycles. The molecule has 0 radical (unpaired) electrons. The van der Waals surface area contributed by atoms with Crippen molar-refractivity contribution in [3.8, 4) is 0 Å². The first-order chi connectivity index (χ1) is 16.2. The summed E-state index contributed by atoms with van der Waals surface area (Å²) in [4.78, 5) is 29.7. The zero-order chi connectivity index (χ0) is 24.5. The van der Waals surface area contributed by atoms with Gasteiger partial charge in [-0.25, -0.2) is 12.8 Å². The lowest BCUT2D eigenvalue weighted by Gasteiger charge is -2.21. The van der Waals surface area contributed by atoms with Crippen LogP contribution in [0.5, 0.6) is 0 Å². The van der Waals surface area contributed by atoms with Gasteiger partial charge in [0.05, 0.1) is 22.2 Å². The Morgan fingerprint density at radius 1 is 1.21 bits per heavy atom. The Hall–Kier alpha value is -2.89. The van der Waals surface area contributed by atoms with E-state index in [0.717, 1.165) is 38.6 Å². The molecule has 1 aliphatic rings. The van der Waals surface area contributed by atoms with Crippen molar-refractivity contribution < 1.29 is 27.1 Å². The number of hydrogen-bond acceptors (Lipinski definition) is 6. The van der Waals surface area contributed by atoms with Crippen molar-refractivity contribution in [3.63, 3.8) is 0 Å². The van der Waals surface area contributed by atoms with Gasteiger partial charge in [0.2, 0.25) is 10.0 Å². The standard InChI is InChI=1S/C23H24FN3O5S2/c1-3-15-6-11-18-20(13-15)33-23(26(18)14-21(28)32-2)25-22(29)19-5-4-12-27(19)34(30,31)17-9-7-16(24)8-10-17/h6-11,13,19H,3-5,12,14H2,1-2H3. The molecule has 0 bridgehead atoms. The van der Waals surface area contributed by atoms with E-state index >= 15 is 0 Å². The molecule has 1 saturated heterocycles. The third-order valence-electron chi connectivity index (χ3n) is 5.79. The Balaban J connectivity index is 1.73. The molecule has 0 spiro atoms. The summed E-state index contributed by atoms with van der Waals surface area (Å²) in [7, 11) is -2.72. The van der Waals surface area contributed by atoms with Gasteiger partial charge in [0, 0.05) is 6.54 Å². The zero-order valence-electron chi connectivity index (χ0n) is 18.7. The Morgan fingerprint density at radius 2 is 1.94 bits per heavy atom. The molecule has 0 N–H and O–H groups in total. The number of ether oxygens (including phenoxy) is 1. The molecule has 0 aliphatic carbocycles. The molecule has 34 heavy (non-hydrogen) atoms. The first-order valence-corrected chi connectivity index (χ1v) is 13.1. The number of aryl methyl sites for hydroxylation is 1. The minimum absolute atomic E-state index is 0.0803. The van der Waals surface area contributed by atoms with Gasteiger partial charge in [0.1, 0.15) is 18.4 Å². The van der Waals surface area contributed by atoms with Crippen molar-refractivity contribution in [2.24, 2.45) is 4.99 Å². The first kappa shape index (κ1) is 24.2. The molecular weight excluding hydrogens is 481 g/mol. The fourth-order valence-corrected chi connectivity index (χ4v) is 6.70. The number of carbonyl (C=O) groups is 2. The van der Waals surface area contributed by atoms with E-state index in [0.29, 0.717) is 17.6 Å². The van der Waals surface area contributed by atoms with Crippen LogP contribution in [-0.2, 0) is 37.3 Å². The van der Waals surface area contributed by atoms with Crippen LogP contribution in [0.1, 0.15) is 25.3 Å². The SMILES string of the molecule is CCc1ccc2c(c1)sc(=NC(=O)C1CCCN1S(=O)(=O)c1ccc(F)cc1)n2CC(=O)OC.